The highest BCUT2D eigenvalue weighted by molar-refractivity contribution is 7.93. The molecule has 0 amide bonds. The van der Waals surface area contributed by atoms with Gasteiger partial charge in [-0.1, -0.05) is 6.42 Å². The van der Waals surface area contributed by atoms with Gasteiger partial charge in [-0.05, 0) is 12.8 Å². The van der Waals surface area contributed by atoms with Crippen molar-refractivity contribution in [2.45, 2.75) is 25.3 Å². The van der Waals surface area contributed by atoms with Crippen molar-refractivity contribution >= 4 is 32.3 Å². The number of piperidine rings is 1. The van der Waals surface area contributed by atoms with Gasteiger partial charge in [0.2, 0.25) is 10.0 Å². The number of sulfone groups is 1. The van der Waals surface area contributed by atoms with Crippen molar-refractivity contribution in [1.82, 2.24) is 4.31 Å². The van der Waals surface area contributed by atoms with E-state index in [0.717, 1.165) is 25.5 Å². The summed E-state index contributed by atoms with van der Waals surface area (Å²) in [6.07, 6.45) is 3.59. The van der Waals surface area contributed by atoms with Crippen LogP contribution in [0.4, 0.5) is 0 Å². The molecule has 0 aromatic rings. The number of halogens is 1. The highest BCUT2D eigenvalue weighted by atomic mass is 35.5. The summed E-state index contributed by atoms with van der Waals surface area (Å²) >= 11 is 0. The molecule has 9 heteroatoms. The minimum Gasteiger partial charge on any atom is -0.329 e. The van der Waals surface area contributed by atoms with Crippen LogP contribution in [0.3, 0.4) is 0 Å². The van der Waals surface area contributed by atoms with Crippen LogP contribution in [0.25, 0.3) is 0 Å². The molecule has 18 heavy (non-hydrogen) atoms. The molecular formula is C9H21ClN2O4S2. The molecule has 1 atom stereocenters. The van der Waals surface area contributed by atoms with E-state index in [0.29, 0.717) is 6.54 Å². The van der Waals surface area contributed by atoms with Gasteiger partial charge in [-0.15, -0.1) is 12.4 Å². The van der Waals surface area contributed by atoms with E-state index >= 15 is 0 Å². The lowest BCUT2D eigenvalue weighted by Gasteiger charge is -2.33. The first kappa shape index (κ1) is 18.1. The van der Waals surface area contributed by atoms with Gasteiger partial charge in [0.15, 0.2) is 0 Å². The molecule has 0 spiro atoms. The summed E-state index contributed by atoms with van der Waals surface area (Å²) in [6.45, 7) is 0.742. The highest BCUT2D eigenvalue weighted by Gasteiger charge is 2.31. The van der Waals surface area contributed by atoms with Gasteiger partial charge in [0.1, 0.15) is 9.84 Å². The van der Waals surface area contributed by atoms with E-state index in [4.69, 9.17) is 5.73 Å². The molecule has 0 aliphatic carbocycles. The van der Waals surface area contributed by atoms with E-state index in [-0.39, 0.29) is 36.5 Å². The van der Waals surface area contributed by atoms with Crippen LogP contribution in [-0.2, 0) is 19.9 Å². The lowest BCUT2D eigenvalue weighted by Crippen LogP contribution is -2.48. The third kappa shape index (κ3) is 5.40. The molecule has 2 N–H and O–H groups in total. The fourth-order valence-corrected chi connectivity index (χ4v) is 5.29. The molecule has 1 saturated heterocycles. The molecule has 1 aliphatic rings. The van der Waals surface area contributed by atoms with E-state index < -0.39 is 19.9 Å². The summed E-state index contributed by atoms with van der Waals surface area (Å²) in [7, 11) is -6.76. The van der Waals surface area contributed by atoms with E-state index in [1.54, 1.807) is 0 Å². The van der Waals surface area contributed by atoms with Crippen LogP contribution < -0.4 is 5.73 Å². The highest BCUT2D eigenvalue weighted by Crippen LogP contribution is 2.20. The van der Waals surface area contributed by atoms with Gasteiger partial charge < -0.3 is 5.73 Å². The Kier molecular flexibility index (Phi) is 7.09. The lowest BCUT2D eigenvalue weighted by molar-refractivity contribution is 0.258. The second-order valence-corrected chi connectivity index (χ2v) is 8.74. The van der Waals surface area contributed by atoms with Crippen molar-refractivity contribution in [3.8, 4) is 0 Å². The van der Waals surface area contributed by atoms with Gasteiger partial charge in [-0.3, -0.25) is 0 Å². The van der Waals surface area contributed by atoms with Crippen molar-refractivity contribution < 1.29 is 16.8 Å². The van der Waals surface area contributed by atoms with E-state index in [2.05, 4.69) is 0 Å². The summed E-state index contributed by atoms with van der Waals surface area (Å²) in [5.74, 6) is -0.675. The fourth-order valence-electron chi connectivity index (χ4n) is 1.95. The van der Waals surface area contributed by atoms with Crippen molar-refractivity contribution in [2.24, 2.45) is 5.73 Å². The number of rotatable bonds is 5. The fraction of sp³-hybridized carbons (Fsp3) is 1.00. The molecule has 0 aromatic heterocycles. The van der Waals surface area contributed by atoms with Crippen LogP contribution in [0.1, 0.15) is 19.3 Å². The normalized spacial score (nSPS) is 22.4. The van der Waals surface area contributed by atoms with E-state index in [9.17, 15) is 16.8 Å². The first-order valence-corrected chi connectivity index (χ1v) is 9.30. The Hall–Kier alpha value is 0.110. The Bertz CT molecular complexity index is 449. The Labute approximate surface area is 115 Å². The summed E-state index contributed by atoms with van der Waals surface area (Å²) in [5.41, 5.74) is 5.55. The molecule has 1 unspecified atom stereocenters. The maximum atomic E-state index is 12.0. The van der Waals surface area contributed by atoms with Crippen molar-refractivity contribution in [2.75, 3.05) is 30.9 Å². The third-order valence-corrected chi connectivity index (χ3v) is 6.03. The van der Waals surface area contributed by atoms with Crippen LogP contribution >= 0.6 is 12.4 Å². The first-order chi connectivity index (χ1) is 7.76. The van der Waals surface area contributed by atoms with Gasteiger partial charge in [0, 0.05) is 25.4 Å². The Balaban J connectivity index is 0.00000289. The topological polar surface area (TPSA) is 97.5 Å². The standard InChI is InChI=1S/C9H20N2O4S2.ClH/c1-16(12,13)6-7-17(14,15)11-5-3-2-4-9(11)8-10;/h9H,2-8,10H2,1H3;1H. The zero-order valence-corrected chi connectivity index (χ0v) is 12.9. The molecule has 1 heterocycles. The van der Waals surface area contributed by atoms with Crippen LogP contribution in [0.2, 0.25) is 0 Å². The van der Waals surface area contributed by atoms with Gasteiger partial charge in [0.05, 0.1) is 11.5 Å². The molecule has 0 aromatic carbocycles. The molecular weight excluding hydrogens is 300 g/mol. The molecule has 0 bridgehead atoms. The average molecular weight is 321 g/mol. The Morgan fingerprint density at radius 3 is 2.28 bits per heavy atom. The zero-order valence-electron chi connectivity index (χ0n) is 10.4. The first-order valence-electron chi connectivity index (χ1n) is 5.63. The number of nitrogens with zero attached hydrogens (tertiary/aromatic N) is 1. The number of hydrogen-bond donors (Lipinski definition) is 1. The minimum absolute atomic E-state index is 0. The largest absolute Gasteiger partial charge is 0.329 e. The summed E-state index contributed by atoms with van der Waals surface area (Å²) in [5, 5.41) is 0. The smallest absolute Gasteiger partial charge is 0.215 e. The minimum atomic E-state index is -3.50. The van der Waals surface area contributed by atoms with E-state index in [1.165, 1.54) is 4.31 Å². The predicted octanol–water partition coefficient (Wildman–Crippen LogP) is -0.404. The molecule has 1 aliphatic heterocycles. The molecule has 6 nitrogen and oxygen atoms in total. The molecule has 110 valence electrons. The molecule has 1 rings (SSSR count). The SMILES string of the molecule is CS(=O)(=O)CCS(=O)(=O)N1CCCCC1CN.Cl. The number of nitrogens with two attached hydrogens (primary N) is 1. The van der Waals surface area contributed by atoms with Crippen LogP contribution in [0.5, 0.6) is 0 Å². The Morgan fingerprint density at radius 1 is 1.17 bits per heavy atom. The summed E-state index contributed by atoms with van der Waals surface area (Å²) in [6, 6.07) is -0.173. The second-order valence-electron chi connectivity index (χ2n) is 4.44. The van der Waals surface area contributed by atoms with Crippen LogP contribution in [0.15, 0.2) is 0 Å². The molecule has 0 radical (unpaired) electrons. The Morgan fingerprint density at radius 2 is 1.78 bits per heavy atom. The number of hydrogen-bond acceptors (Lipinski definition) is 5. The zero-order chi connectivity index (χ0) is 13.1. The average Bonchev–Trinajstić information content (AvgIpc) is 2.26. The second kappa shape index (κ2) is 7.04. The lowest BCUT2D eigenvalue weighted by atomic mass is 10.1. The predicted molar refractivity (Wildman–Crippen MR) is 74.1 cm³/mol. The maximum Gasteiger partial charge on any atom is 0.215 e. The summed E-state index contributed by atoms with van der Waals surface area (Å²) < 4.78 is 47.4. The van der Waals surface area contributed by atoms with Gasteiger partial charge >= 0.3 is 0 Å². The monoisotopic (exact) mass is 320 g/mol. The van der Waals surface area contributed by atoms with Crippen molar-refractivity contribution in [3.05, 3.63) is 0 Å². The van der Waals surface area contributed by atoms with Crippen molar-refractivity contribution in [3.63, 3.8) is 0 Å². The van der Waals surface area contributed by atoms with Gasteiger partial charge in [-0.2, -0.15) is 4.31 Å². The van der Waals surface area contributed by atoms with Crippen molar-refractivity contribution in [1.29, 1.82) is 0 Å². The number of sulfonamides is 1. The quantitative estimate of drug-likeness (QED) is 0.743. The molecule has 0 saturated carbocycles. The van der Waals surface area contributed by atoms with Gasteiger partial charge in [-0.25, -0.2) is 16.8 Å². The third-order valence-electron chi connectivity index (χ3n) is 2.91. The van der Waals surface area contributed by atoms with E-state index in [1.807, 2.05) is 0 Å². The molecule has 1 fully saturated rings. The summed E-state index contributed by atoms with van der Waals surface area (Å²) in [4.78, 5) is 0. The van der Waals surface area contributed by atoms with Crippen LogP contribution in [0, 0.1) is 0 Å². The van der Waals surface area contributed by atoms with Crippen LogP contribution in [-0.4, -0.2) is 58.0 Å². The maximum absolute atomic E-state index is 12.0. The van der Waals surface area contributed by atoms with Gasteiger partial charge in [0.25, 0.3) is 0 Å².